The van der Waals surface area contributed by atoms with Gasteiger partial charge in [-0.25, -0.2) is 4.39 Å². The molecule has 10 heteroatoms. The van der Waals surface area contributed by atoms with E-state index < -0.39 is 17.6 Å². The summed E-state index contributed by atoms with van der Waals surface area (Å²) in [5, 5.41) is 17.3. The van der Waals surface area contributed by atoms with Crippen LogP contribution in [0.5, 0.6) is 0 Å². The Kier molecular flexibility index (Phi) is 6.36. The van der Waals surface area contributed by atoms with Crippen molar-refractivity contribution < 1.29 is 14.0 Å². The Morgan fingerprint density at radius 3 is 2.32 bits per heavy atom. The number of carbonyl (C=O) groups is 2. The largest absolute Gasteiger partial charge is 0.363 e. The summed E-state index contributed by atoms with van der Waals surface area (Å²) in [5.41, 5.74) is 1.02. The van der Waals surface area contributed by atoms with E-state index in [4.69, 9.17) is 17.0 Å². The Labute approximate surface area is 183 Å². The van der Waals surface area contributed by atoms with E-state index in [0.717, 1.165) is 6.07 Å². The fraction of sp³-hybridized carbons (Fsp3) is 0.143. The van der Waals surface area contributed by atoms with Crippen LogP contribution in [0.15, 0.2) is 48.7 Å². The number of halogens is 2. The highest BCUT2D eigenvalue weighted by Crippen LogP contribution is 2.22. The van der Waals surface area contributed by atoms with Gasteiger partial charge < -0.3 is 15.5 Å². The predicted octanol–water partition coefficient (Wildman–Crippen LogP) is 3.60. The zero-order valence-electron chi connectivity index (χ0n) is 17.0. The number of rotatable bonds is 5. The van der Waals surface area contributed by atoms with Crippen LogP contribution in [0.3, 0.4) is 0 Å². The van der Waals surface area contributed by atoms with Gasteiger partial charge in [-0.1, -0.05) is 23.7 Å². The molecule has 0 unspecified atom stereocenters. The SMILES string of the molecule is CN(C)C(=N)c1ccc(C(=O)Nc2c(C(=O)Nc3ccc(Cl)cc3F)cnn2C)cc1. The number of carbonyl (C=O) groups excluding carboxylic acids is 2. The van der Waals surface area contributed by atoms with Crippen LogP contribution in [0.25, 0.3) is 0 Å². The van der Waals surface area contributed by atoms with Crippen molar-refractivity contribution in [3.05, 3.63) is 76.2 Å². The smallest absolute Gasteiger partial charge is 0.261 e. The molecule has 2 aromatic carbocycles. The van der Waals surface area contributed by atoms with Crippen LogP contribution < -0.4 is 10.6 Å². The summed E-state index contributed by atoms with van der Waals surface area (Å²) < 4.78 is 15.3. The van der Waals surface area contributed by atoms with Crippen LogP contribution in [0.4, 0.5) is 15.9 Å². The fourth-order valence-corrected chi connectivity index (χ4v) is 2.91. The van der Waals surface area contributed by atoms with Crippen molar-refractivity contribution in [2.75, 3.05) is 24.7 Å². The molecule has 0 aliphatic rings. The topological polar surface area (TPSA) is 103 Å². The Bertz CT molecular complexity index is 1160. The van der Waals surface area contributed by atoms with E-state index in [9.17, 15) is 14.0 Å². The lowest BCUT2D eigenvalue weighted by Crippen LogP contribution is -2.22. The van der Waals surface area contributed by atoms with Gasteiger partial charge in [-0.2, -0.15) is 5.10 Å². The first-order chi connectivity index (χ1) is 14.7. The van der Waals surface area contributed by atoms with Gasteiger partial charge >= 0.3 is 0 Å². The second kappa shape index (κ2) is 8.97. The summed E-state index contributed by atoms with van der Waals surface area (Å²) in [6.45, 7) is 0. The lowest BCUT2D eigenvalue weighted by atomic mass is 10.1. The molecule has 2 amide bonds. The maximum Gasteiger partial charge on any atom is 0.261 e. The van der Waals surface area contributed by atoms with Crippen molar-refractivity contribution in [2.24, 2.45) is 7.05 Å². The molecule has 0 aliphatic heterocycles. The molecule has 0 spiro atoms. The van der Waals surface area contributed by atoms with Gasteiger partial charge in [0.05, 0.1) is 11.9 Å². The first-order valence-electron chi connectivity index (χ1n) is 9.13. The van der Waals surface area contributed by atoms with Crippen molar-refractivity contribution in [1.29, 1.82) is 5.41 Å². The van der Waals surface area contributed by atoms with Gasteiger partial charge in [-0.15, -0.1) is 0 Å². The van der Waals surface area contributed by atoms with E-state index in [2.05, 4.69) is 15.7 Å². The molecule has 3 aromatic rings. The second-order valence-corrected chi connectivity index (χ2v) is 7.32. The van der Waals surface area contributed by atoms with E-state index >= 15 is 0 Å². The molecule has 31 heavy (non-hydrogen) atoms. The van der Waals surface area contributed by atoms with Crippen LogP contribution in [-0.4, -0.2) is 46.4 Å². The van der Waals surface area contributed by atoms with Crippen LogP contribution in [0.2, 0.25) is 5.02 Å². The summed E-state index contributed by atoms with van der Waals surface area (Å²) in [7, 11) is 5.08. The Balaban J connectivity index is 1.78. The number of hydrogen-bond donors (Lipinski definition) is 3. The number of aryl methyl sites for hydroxylation is 1. The molecule has 0 fully saturated rings. The molecule has 0 saturated carbocycles. The third kappa shape index (κ3) is 4.89. The van der Waals surface area contributed by atoms with E-state index in [1.807, 2.05) is 0 Å². The minimum absolute atomic E-state index is 0.0468. The number of amides is 2. The molecule has 3 rings (SSSR count). The highest BCUT2D eigenvalue weighted by molar-refractivity contribution is 6.30. The third-order valence-electron chi connectivity index (χ3n) is 4.46. The second-order valence-electron chi connectivity index (χ2n) is 6.88. The third-order valence-corrected chi connectivity index (χ3v) is 4.70. The molecule has 0 aliphatic carbocycles. The van der Waals surface area contributed by atoms with Gasteiger partial charge in [0.25, 0.3) is 11.8 Å². The van der Waals surface area contributed by atoms with E-state index in [0.29, 0.717) is 17.0 Å². The minimum atomic E-state index is -0.682. The standard InChI is InChI=1S/C21H20ClFN6O2/c1-28(2)18(24)12-4-6-13(7-5-12)20(30)27-19-15(11-25-29(19)3)21(31)26-17-9-8-14(22)10-16(17)23/h4-11,24H,1-3H3,(H,26,31)(H,27,30). The summed E-state index contributed by atoms with van der Waals surface area (Å²) in [6, 6.07) is 10.4. The normalized spacial score (nSPS) is 10.5. The lowest BCUT2D eigenvalue weighted by molar-refractivity contribution is 0.102. The molecule has 1 heterocycles. The maximum absolute atomic E-state index is 14.0. The van der Waals surface area contributed by atoms with E-state index in [1.165, 1.54) is 23.0 Å². The Morgan fingerprint density at radius 1 is 1.06 bits per heavy atom. The number of anilines is 2. The van der Waals surface area contributed by atoms with Gasteiger partial charge in [0.15, 0.2) is 0 Å². The van der Waals surface area contributed by atoms with Crippen molar-refractivity contribution in [1.82, 2.24) is 14.7 Å². The minimum Gasteiger partial charge on any atom is -0.363 e. The summed E-state index contributed by atoms with van der Waals surface area (Å²) >= 11 is 5.73. The van der Waals surface area contributed by atoms with Crippen LogP contribution in [-0.2, 0) is 7.05 Å². The number of nitrogens with zero attached hydrogens (tertiary/aromatic N) is 3. The molecular weight excluding hydrogens is 423 g/mol. The van der Waals surface area contributed by atoms with E-state index in [-0.39, 0.29) is 22.1 Å². The fourth-order valence-electron chi connectivity index (χ4n) is 2.75. The van der Waals surface area contributed by atoms with Gasteiger partial charge in [-0.3, -0.25) is 19.7 Å². The Hall–Kier alpha value is -3.72. The van der Waals surface area contributed by atoms with Gasteiger partial charge in [0.2, 0.25) is 0 Å². The summed E-state index contributed by atoms with van der Waals surface area (Å²) in [4.78, 5) is 27.0. The van der Waals surface area contributed by atoms with Crippen molar-refractivity contribution in [3.63, 3.8) is 0 Å². The van der Waals surface area contributed by atoms with Crippen LogP contribution >= 0.6 is 11.6 Å². The zero-order valence-corrected chi connectivity index (χ0v) is 17.8. The van der Waals surface area contributed by atoms with Gasteiger partial charge in [0.1, 0.15) is 23.0 Å². The van der Waals surface area contributed by atoms with Gasteiger partial charge in [-0.05, 0) is 30.3 Å². The molecule has 3 N–H and O–H groups in total. The molecule has 0 saturated heterocycles. The molecule has 1 aromatic heterocycles. The van der Waals surface area contributed by atoms with E-state index in [1.54, 1.807) is 50.3 Å². The van der Waals surface area contributed by atoms with Crippen molar-refractivity contribution >= 4 is 40.8 Å². The van der Waals surface area contributed by atoms with Crippen molar-refractivity contribution in [2.45, 2.75) is 0 Å². The summed E-state index contributed by atoms with van der Waals surface area (Å²) in [6.07, 6.45) is 1.28. The number of hydrogen-bond acceptors (Lipinski definition) is 4. The highest BCUT2D eigenvalue weighted by Gasteiger charge is 2.20. The molecule has 8 nitrogen and oxygen atoms in total. The molecule has 0 bridgehead atoms. The van der Waals surface area contributed by atoms with Crippen LogP contribution in [0, 0.1) is 11.2 Å². The quantitative estimate of drug-likeness (QED) is 0.415. The number of amidine groups is 1. The first-order valence-corrected chi connectivity index (χ1v) is 9.51. The van der Waals surface area contributed by atoms with Gasteiger partial charge in [0, 0.05) is 37.3 Å². The van der Waals surface area contributed by atoms with Crippen molar-refractivity contribution in [3.8, 4) is 0 Å². The molecular formula is C21H20ClFN6O2. The molecule has 160 valence electrons. The number of aromatic nitrogens is 2. The molecule has 0 radical (unpaired) electrons. The number of benzene rings is 2. The molecule has 0 atom stereocenters. The first kappa shape index (κ1) is 22.0. The zero-order chi connectivity index (χ0) is 22.7. The monoisotopic (exact) mass is 442 g/mol. The van der Waals surface area contributed by atoms with Crippen LogP contribution in [0.1, 0.15) is 26.3 Å². The number of nitrogens with one attached hydrogen (secondary N) is 3. The average Bonchev–Trinajstić information content (AvgIpc) is 3.09. The lowest BCUT2D eigenvalue weighted by Gasteiger charge is -2.14. The Morgan fingerprint density at radius 2 is 1.71 bits per heavy atom. The highest BCUT2D eigenvalue weighted by atomic mass is 35.5. The summed E-state index contributed by atoms with van der Waals surface area (Å²) in [5.74, 6) is -1.31. The maximum atomic E-state index is 14.0. The predicted molar refractivity (Wildman–Crippen MR) is 117 cm³/mol. The average molecular weight is 443 g/mol.